The summed E-state index contributed by atoms with van der Waals surface area (Å²) in [6.45, 7) is 6.72. The molecule has 1 aliphatic carbocycles. The van der Waals surface area contributed by atoms with Crippen molar-refractivity contribution in [2.75, 3.05) is 19.7 Å². The van der Waals surface area contributed by atoms with E-state index in [1.807, 2.05) is 0 Å². The lowest BCUT2D eigenvalue weighted by Crippen LogP contribution is -2.33. The number of hydrogen-bond acceptors (Lipinski definition) is 3. The fourth-order valence-corrected chi connectivity index (χ4v) is 3.27. The van der Waals surface area contributed by atoms with E-state index in [1.165, 1.54) is 32.1 Å². The molecule has 3 heteroatoms. The molecule has 3 unspecified atom stereocenters. The quantitative estimate of drug-likeness (QED) is 0.773. The molecular formula is C14H27NO2. The summed E-state index contributed by atoms with van der Waals surface area (Å²) in [5, 5.41) is 12.8. The van der Waals surface area contributed by atoms with E-state index in [0.29, 0.717) is 24.5 Å². The van der Waals surface area contributed by atoms with Gasteiger partial charge in [0.05, 0.1) is 11.7 Å². The van der Waals surface area contributed by atoms with Crippen LogP contribution in [0.1, 0.15) is 46.0 Å². The molecule has 1 saturated carbocycles. The lowest BCUT2D eigenvalue weighted by atomic mass is 9.97. The van der Waals surface area contributed by atoms with E-state index in [4.69, 9.17) is 4.74 Å². The molecule has 100 valence electrons. The normalized spacial score (nSPS) is 36.5. The molecule has 0 aromatic heterocycles. The highest BCUT2D eigenvalue weighted by molar-refractivity contribution is 4.83. The first-order valence-corrected chi connectivity index (χ1v) is 7.10. The van der Waals surface area contributed by atoms with Crippen LogP contribution in [0.2, 0.25) is 0 Å². The lowest BCUT2D eigenvalue weighted by molar-refractivity contribution is -0.0146. The van der Waals surface area contributed by atoms with Crippen molar-refractivity contribution in [3.8, 4) is 0 Å². The lowest BCUT2D eigenvalue weighted by Gasteiger charge is -2.21. The Morgan fingerprint density at radius 3 is 2.59 bits per heavy atom. The molecule has 2 N–H and O–H groups in total. The first-order chi connectivity index (χ1) is 8.11. The number of aliphatic hydroxyl groups is 1. The third-order valence-corrected chi connectivity index (χ3v) is 4.38. The predicted molar refractivity (Wildman–Crippen MR) is 69.0 cm³/mol. The minimum absolute atomic E-state index is 0.0767. The summed E-state index contributed by atoms with van der Waals surface area (Å²) in [4.78, 5) is 0. The zero-order valence-corrected chi connectivity index (χ0v) is 11.2. The average molecular weight is 241 g/mol. The average Bonchev–Trinajstić information content (AvgIpc) is 2.85. The van der Waals surface area contributed by atoms with Gasteiger partial charge in [-0.05, 0) is 57.9 Å². The maximum absolute atomic E-state index is 9.26. The van der Waals surface area contributed by atoms with E-state index in [9.17, 15) is 5.11 Å². The summed E-state index contributed by atoms with van der Waals surface area (Å²) in [5.74, 6) is 1.21. The van der Waals surface area contributed by atoms with Gasteiger partial charge in [0.15, 0.2) is 0 Å². The second-order valence-electron chi connectivity index (χ2n) is 6.33. The molecule has 0 aromatic carbocycles. The Morgan fingerprint density at radius 2 is 1.94 bits per heavy atom. The van der Waals surface area contributed by atoms with Gasteiger partial charge < -0.3 is 15.2 Å². The van der Waals surface area contributed by atoms with Crippen LogP contribution in [0, 0.1) is 11.8 Å². The molecule has 2 aliphatic rings. The molecular weight excluding hydrogens is 214 g/mol. The summed E-state index contributed by atoms with van der Waals surface area (Å²) in [6, 6.07) is 0. The van der Waals surface area contributed by atoms with Gasteiger partial charge >= 0.3 is 0 Å². The Balaban J connectivity index is 1.63. The maximum atomic E-state index is 9.26. The van der Waals surface area contributed by atoms with Crippen LogP contribution in [-0.4, -0.2) is 36.5 Å². The molecule has 2 fully saturated rings. The Hall–Kier alpha value is -0.120. The minimum Gasteiger partial charge on any atom is -0.396 e. The second kappa shape index (κ2) is 5.68. The second-order valence-corrected chi connectivity index (χ2v) is 6.33. The fourth-order valence-electron chi connectivity index (χ4n) is 3.27. The zero-order chi connectivity index (χ0) is 12.3. The van der Waals surface area contributed by atoms with Gasteiger partial charge in [-0.1, -0.05) is 6.42 Å². The van der Waals surface area contributed by atoms with Crippen LogP contribution >= 0.6 is 0 Å². The van der Waals surface area contributed by atoms with Crippen LogP contribution in [0.5, 0.6) is 0 Å². The Bertz CT molecular complexity index is 242. The molecule has 0 bridgehead atoms. The number of rotatable bonds is 5. The molecule has 0 aromatic rings. The van der Waals surface area contributed by atoms with E-state index < -0.39 is 0 Å². The molecule has 0 spiro atoms. The van der Waals surface area contributed by atoms with Gasteiger partial charge in [-0.3, -0.25) is 0 Å². The van der Waals surface area contributed by atoms with Crippen molar-refractivity contribution in [1.82, 2.24) is 5.32 Å². The van der Waals surface area contributed by atoms with Crippen LogP contribution < -0.4 is 5.32 Å². The molecule has 0 radical (unpaired) electrons. The summed E-state index contributed by atoms with van der Waals surface area (Å²) in [5.41, 5.74) is 0.0767. The van der Waals surface area contributed by atoms with Gasteiger partial charge in [-0.15, -0.1) is 0 Å². The molecule has 3 nitrogen and oxygen atoms in total. The SMILES string of the molecule is CC1(C)CCC(CNCC2CCCC2CO)O1. The van der Waals surface area contributed by atoms with E-state index in [-0.39, 0.29) is 5.60 Å². The van der Waals surface area contributed by atoms with Gasteiger partial charge in [-0.25, -0.2) is 0 Å². The van der Waals surface area contributed by atoms with E-state index in [0.717, 1.165) is 13.1 Å². The Labute approximate surface area is 105 Å². The largest absolute Gasteiger partial charge is 0.396 e. The number of aliphatic hydroxyl groups excluding tert-OH is 1. The van der Waals surface area contributed by atoms with Crippen molar-refractivity contribution in [3.63, 3.8) is 0 Å². The molecule has 3 atom stereocenters. The highest BCUT2D eigenvalue weighted by atomic mass is 16.5. The van der Waals surface area contributed by atoms with Crippen LogP contribution in [0.25, 0.3) is 0 Å². The maximum Gasteiger partial charge on any atom is 0.0707 e. The van der Waals surface area contributed by atoms with Crippen LogP contribution in [0.15, 0.2) is 0 Å². The molecule has 1 heterocycles. The summed E-state index contributed by atoms with van der Waals surface area (Å²) in [7, 11) is 0. The monoisotopic (exact) mass is 241 g/mol. The van der Waals surface area contributed by atoms with Crippen molar-refractivity contribution in [2.24, 2.45) is 11.8 Å². The van der Waals surface area contributed by atoms with E-state index in [2.05, 4.69) is 19.2 Å². The first-order valence-electron chi connectivity index (χ1n) is 7.10. The van der Waals surface area contributed by atoms with Crippen molar-refractivity contribution in [2.45, 2.75) is 57.7 Å². The molecule has 17 heavy (non-hydrogen) atoms. The standard InChI is InChI=1S/C14H27NO2/c1-14(2)7-6-13(17-14)9-15-8-11-4-3-5-12(11)10-16/h11-13,15-16H,3-10H2,1-2H3. The number of ether oxygens (including phenoxy) is 1. The first kappa shape index (κ1) is 13.3. The Morgan fingerprint density at radius 1 is 1.18 bits per heavy atom. The summed E-state index contributed by atoms with van der Waals surface area (Å²) < 4.78 is 5.95. The Kier molecular flexibility index (Phi) is 4.45. The number of hydrogen-bond donors (Lipinski definition) is 2. The molecule has 0 amide bonds. The van der Waals surface area contributed by atoms with Crippen molar-refractivity contribution < 1.29 is 9.84 Å². The molecule has 1 saturated heterocycles. The van der Waals surface area contributed by atoms with Gasteiger partial charge in [0.25, 0.3) is 0 Å². The van der Waals surface area contributed by atoms with Crippen LogP contribution in [0.4, 0.5) is 0 Å². The van der Waals surface area contributed by atoms with E-state index in [1.54, 1.807) is 0 Å². The minimum atomic E-state index is 0.0767. The van der Waals surface area contributed by atoms with Gasteiger partial charge in [0.1, 0.15) is 0 Å². The summed E-state index contributed by atoms with van der Waals surface area (Å²) >= 11 is 0. The van der Waals surface area contributed by atoms with Crippen LogP contribution in [-0.2, 0) is 4.74 Å². The number of nitrogens with one attached hydrogen (secondary N) is 1. The topological polar surface area (TPSA) is 41.5 Å². The zero-order valence-electron chi connectivity index (χ0n) is 11.2. The van der Waals surface area contributed by atoms with Crippen LogP contribution in [0.3, 0.4) is 0 Å². The smallest absolute Gasteiger partial charge is 0.0707 e. The molecule has 1 aliphatic heterocycles. The van der Waals surface area contributed by atoms with Gasteiger partial charge in [0, 0.05) is 13.2 Å². The third-order valence-electron chi connectivity index (χ3n) is 4.38. The van der Waals surface area contributed by atoms with Crippen molar-refractivity contribution in [3.05, 3.63) is 0 Å². The van der Waals surface area contributed by atoms with Gasteiger partial charge in [-0.2, -0.15) is 0 Å². The fraction of sp³-hybridized carbons (Fsp3) is 1.00. The van der Waals surface area contributed by atoms with Crippen molar-refractivity contribution in [1.29, 1.82) is 0 Å². The molecule has 2 rings (SSSR count). The highest BCUT2D eigenvalue weighted by Crippen LogP contribution is 2.31. The van der Waals surface area contributed by atoms with E-state index >= 15 is 0 Å². The third kappa shape index (κ3) is 3.67. The summed E-state index contributed by atoms with van der Waals surface area (Å²) in [6.07, 6.45) is 6.49. The van der Waals surface area contributed by atoms with Gasteiger partial charge in [0.2, 0.25) is 0 Å². The highest BCUT2D eigenvalue weighted by Gasteiger charge is 2.32. The van der Waals surface area contributed by atoms with Crippen molar-refractivity contribution >= 4 is 0 Å². The predicted octanol–water partition coefficient (Wildman–Crippen LogP) is 1.94.